The number of hydrogen-bond acceptors (Lipinski definition) is 0. The molecule has 0 N–H and O–H groups in total. The summed E-state index contributed by atoms with van der Waals surface area (Å²) in [4.78, 5) is 0. The van der Waals surface area contributed by atoms with Crippen LogP contribution in [-0.2, 0) is 0 Å². The quantitative estimate of drug-likeness (QED) is 0.545. The van der Waals surface area contributed by atoms with Crippen molar-refractivity contribution in [1.82, 2.24) is 0 Å². The van der Waals surface area contributed by atoms with Crippen molar-refractivity contribution >= 4 is 0 Å². The summed E-state index contributed by atoms with van der Waals surface area (Å²) >= 11 is 0. The van der Waals surface area contributed by atoms with Gasteiger partial charge in [-0.1, -0.05) is 0 Å². The predicted molar refractivity (Wildman–Crippen MR) is 53.4 cm³/mol. The lowest BCUT2D eigenvalue weighted by Crippen LogP contribution is -2.51. The first-order chi connectivity index (χ1) is 6.93. The Kier molecular flexibility index (Phi) is 0.758. The number of fused-ring (bicyclic) bond motifs is 5. The Hall–Kier alpha value is 0. The number of hydrogen-bond donors (Lipinski definition) is 0. The van der Waals surface area contributed by atoms with Crippen LogP contribution in [0.1, 0.15) is 25.7 Å². The fourth-order valence-electron chi connectivity index (χ4n) is 8.13. The van der Waals surface area contributed by atoms with E-state index in [1.54, 1.807) is 25.7 Å². The van der Waals surface area contributed by atoms with Gasteiger partial charge in [-0.2, -0.15) is 0 Å². The van der Waals surface area contributed by atoms with Crippen molar-refractivity contribution in [3.63, 3.8) is 0 Å². The van der Waals surface area contributed by atoms with E-state index >= 15 is 0 Å². The topological polar surface area (TPSA) is 0 Å². The van der Waals surface area contributed by atoms with E-state index in [9.17, 15) is 0 Å². The van der Waals surface area contributed by atoms with E-state index in [0.29, 0.717) is 0 Å². The molecule has 0 aromatic heterocycles. The summed E-state index contributed by atoms with van der Waals surface area (Å²) in [5.41, 5.74) is 0. The first-order valence-corrected chi connectivity index (χ1v) is 6.93. The van der Waals surface area contributed by atoms with Crippen molar-refractivity contribution in [2.75, 3.05) is 0 Å². The minimum atomic E-state index is 1.23. The fourth-order valence-corrected chi connectivity index (χ4v) is 8.13. The largest absolute Gasteiger partial charge is 0.0467 e. The molecule has 74 valence electrons. The minimum absolute atomic E-state index is 1.23. The van der Waals surface area contributed by atoms with Crippen molar-refractivity contribution in [1.29, 1.82) is 0 Å². The van der Waals surface area contributed by atoms with Crippen LogP contribution < -0.4 is 0 Å². The lowest BCUT2D eigenvalue weighted by atomic mass is 9.48. The molecule has 8 atom stereocenters. The van der Waals surface area contributed by atoms with Gasteiger partial charge >= 0.3 is 0 Å². The first-order valence-electron chi connectivity index (χ1n) is 6.93. The van der Waals surface area contributed by atoms with Gasteiger partial charge in [0, 0.05) is 0 Å². The van der Waals surface area contributed by atoms with Crippen LogP contribution in [0.5, 0.6) is 0 Å². The maximum absolute atomic E-state index is 1.69. The fraction of sp³-hybridized carbons (Fsp3) is 1.00. The third kappa shape index (κ3) is 0.403. The molecule has 0 nitrogen and oxygen atoms in total. The van der Waals surface area contributed by atoms with Crippen molar-refractivity contribution in [3.05, 3.63) is 0 Å². The van der Waals surface area contributed by atoms with E-state index in [4.69, 9.17) is 0 Å². The molecule has 6 aliphatic rings. The lowest BCUT2D eigenvalue weighted by molar-refractivity contribution is -0.0878. The van der Waals surface area contributed by atoms with Gasteiger partial charge in [-0.05, 0) is 84.9 Å². The van der Waals surface area contributed by atoms with Crippen LogP contribution in [0.2, 0.25) is 0 Å². The molecule has 6 saturated carbocycles. The summed E-state index contributed by atoms with van der Waals surface area (Å²) < 4.78 is 0. The van der Waals surface area contributed by atoms with E-state index < -0.39 is 0 Å². The highest BCUT2D eigenvalue weighted by atomic mass is 14.8. The van der Waals surface area contributed by atoms with E-state index in [1.165, 1.54) is 59.2 Å². The highest BCUT2D eigenvalue weighted by molar-refractivity contribution is 5.25. The third-order valence-corrected chi connectivity index (χ3v) is 7.79. The smallest absolute Gasteiger partial charge is 0.0318 e. The average Bonchev–Trinajstić information content (AvgIpc) is 2.73. The zero-order chi connectivity index (χ0) is 8.60. The van der Waals surface area contributed by atoms with Crippen LogP contribution in [0.15, 0.2) is 0 Å². The average molecular weight is 186 g/mol. The Bertz CT molecular complexity index is 310. The zero-order valence-electron chi connectivity index (χ0n) is 8.60. The molecule has 6 aliphatic carbocycles. The Morgan fingerprint density at radius 2 is 0.857 bits per heavy atom. The van der Waals surface area contributed by atoms with Gasteiger partial charge in [0.15, 0.2) is 0 Å². The van der Waals surface area contributed by atoms with Crippen LogP contribution in [0.3, 0.4) is 0 Å². The molecule has 0 aromatic carbocycles. The molecule has 0 heteroatoms. The van der Waals surface area contributed by atoms with E-state index in [0.717, 1.165) is 0 Å². The predicted octanol–water partition coefficient (Wildman–Crippen LogP) is 2.79. The molecular weight excluding hydrogens is 168 g/mol. The van der Waals surface area contributed by atoms with Gasteiger partial charge in [0.05, 0.1) is 0 Å². The van der Waals surface area contributed by atoms with Crippen LogP contribution in [0.4, 0.5) is 0 Å². The van der Waals surface area contributed by atoms with Crippen LogP contribution >= 0.6 is 0 Å². The highest BCUT2D eigenvalue weighted by Gasteiger charge is 2.77. The van der Waals surface area contributed by atoms with Crippen molar-refractivity contribution < 1.29 is 0 Å². The third-order valence-electron chi connectivity index (χ3n) is 7.79. The van der Waals surface area contributed by atoms with Crippen molar-refractivity contribution in [3.8, 4) is 0 Å². The molecule has 6 fully saturated rings. The molecule has 0 amide bonds. The van der Waals surface area contributed by atoms with Crippen molar-refractivity contribution in [2.24, 2.45) is 59.2 Å². The lowest BCUT2D eigenvalue weighted by Gasteiger charge is -2.57. The second kappa shape index (κ2) is 1.62. The van der Waals surface area contributed by atoms with Gasteiger partial charge < -0.3 is 0 Å². The van der Waals surface area contributed by atoms with Crippen LogP contribution in [-0.4, -0.2) is 0 Å². The molecule has 4 bridgehead atoms. The molecule has 8 unspecified atom stereocenters. The summed E-state index contributed by atoms with van der Waals surface area (Å²) in [5, 5.41) is 0. The molecule has 6 rings (SSSR count). The molecule has 14 heavy (non-hydrogen) atoms. The molecular formula is C14H18. The minimum Gasteiger partial charge on any atom is -0.0467 e. The Labute approximate surface area is 85.4 Å². The second-order valence-electron chi connectivity index (χ2n) is 7.43. The van der Waals surface area contributed by atoms with Gasteiger partial charge in [0.2, 0.25) is 0 Å². The molecule has 0 heterocycles. The Morgan fingerprint density at radius 3 is 1.43 bits per heavy atom. The van der Waals surface area contributed by atoms with Gasteiger partial charge in [0.1, 0.15) is 0 Å². The first kappa shape index (κ1) is 6.55. The summed E-state index contributed by atoms with van der Waals surface area (Å²) in [6, 6.07) is 0. The Balaban J connectivity index is 1.73. The summed E-state index contributed by atoms with van der Waals surface area (Å²) in [7, 11) is 0. The van der Waals surface area contributed by atoms with Gasteiger partial charge in [0.25, 0.3) is 0 Å². The standard InChI is InChI=1S/C14H18/c1-5-3-9-12-7(1)8-2-6-4-10(13(8)12)14(9)11(5)6/h5-14H,1-4H2. The maximum Gasteiger partial charge on any atom is -0.0318 e. The zero-order valence-corrected chi connectivity index (χ0v) is 8.60. The molecule has 0 radical (unpaired) electrons. The van der Waals surface area contributed by atoms with Crippen molar-refractivity contribution in [2.45, 2.75) is 25.7 Å². The normalized spacial score (nSPS) is 84.0. The molecule has 0 spiro atoms. The highest BCUT2D eigenvalue weighted by Crippen LogP contribution is 2.82. The second-order valence-corrected chi connectivity index (χ2v) is 7.43. The van der Waals surface area contributed by atoms with Crippen LogP contribution in [0.25, 0.3) is 0 Å². The van der Waals surface area contributed by atoms with Gasteiger partial charge in [-0.25, -0.2) is 0 Å². The van der Waals surface area contributed by atoms with Gasteiger partial charge in [-0.15, -0.1) is 0 Å². The SMILES string of the molecule is C1C2CC3C4C5CC(CC6C1C3C65)C24. The maximum atomic E-state index is 1.69. The summed E-state index contributed by atoms with van der Waals surface area (Å²) in [6.07, 6.45) is 6.75. The molecule has 0 saturated heterocycles. The Morgan fingerprint density at radius 1 is 0.429 bits per heavy atom. The molecule has 0 aromatic rings. The van der Waals surface area contributed by atoms with E-state index in [-0.39, 0.29) is 0 Å². The van der Waals surface area contributed by atoms with E-state index in [2.05, 4.69) is 0 Å². The monoisotopic (exact) mass is 186 g/mol. The number of rotatable bonds is 0. The van der Waals surface area contributed by atoms with E-state index in [1.807, 2.05) is 0 Å². The van der Waals surface area contributed by atoms with Gasteiger partial charge in [-0.3, -0.25) is 0 Å². The molecule has 0 aliphatic heterocycles. The summed E-state index contributed by atoms with van der Waals surface area (Å²) in [6.45, 7) is 0. The van der Waals surface area contributed by atoms with Crippen LogP contribution in [0, 0.1) is 59.2 Å². The summed E-state index contributed by atoms with van der Waals surface area (Å²) in [5.74, 6) is 12.6.